The Morgan fingerprint density at radius 2 is 1.12 bits per heavy atom. The monoisotopic (exact) mass is 442 g/mol. The van der Waals surface area contributed by atoms with Crippen LogP contribution >= 0.6 is 0 Å². The van der Waals surface area contributed by atoms with Crippen molar-refractivity contribution < 1.29 is 19.8 Å². The molecule has 0 heterocycles. The van der Waals surface area contributed by atoms with E-state index in [0.29, 0.717) is 0 Å². The van der Waals surface area contributed by atoms with E-state index in [1.165, 1.54) is 34.2 Å². The Labute approximate surface area is 193 Å². The Kier molecular flexibility index (Phi) is 8.06. The van der Waals surface area contributed by atoms with Crippen molar-refractivity contribution in [3.05, 3.63) is 33.9 Å². The smallest absolute Gasteiger partial charge is 0.309 e. The second-order valence-corrected chi connectivity index (χ2v) is 10.7. The highest BCUT2D eigenvalue weighted by Crippen LogP contribution is 2.50. The first-order chi connectivity index (χ1) is 15.2. The number of hydrogen-bond acceptors (Lipinski definition) is 2. The maximum absolute atomic E-state index is 11.4. The zero-order valence-corrected chi connectivity index (χ0v) is 20.4. The lowest BCUT2D eigenvalue weighted by Gasteiger charge is -2.18. The number of aliphatic carboxylic acids is 2. The van der Waals surface area contributed by atoms with Gasteiger partial charge in [-0.3, -0.25) is 9.59 Å². The highest BCUT2D eigenvalue weighted by atomic mass is 16.4. The molecule has 0 bridgehead atoms. The summed E-state index contributed by atoms with van der Waals surface area (Å²) in [5, 5.41) is 18.7. The summed E-state index contributed by atoms with van der Waals surface area (Å²) in [5.41, 5.74) is 6.46. The molecule has 32 heavy (non-hydrogen) atoms. The Morgan fingerprint density at radius 1 is 0.688 bits per heavy atom. The van der Waals surface area contributed by atoms with Crippen LogP contribution in [0.15, 0.2) is 6.07 Å². The predicted octanol–water partition coefficient (Wildman–Crippen LogP) is 6.94. The van der Waals surface area contributed by atoms with Crippen LogP contribution in [0, 0.1) is 31.6 Å². The van der Waals surface area contributed by atoms with Crippen LogP contribution in [0.2, 0.25) is 0 Å². The second kappa shape index (κ2) is 10.4. The molecule has 1 aromatic rings. The first-order valence-corrected chi connectivity index (χ1v) is 12.8. The minimum absolute atomic E-state index is 0.374. The fourth-order valence-electron chi connectivity index (χ4n) is 5.41. The molecule has 0 unspecified atom stereocenters. The summed E-state index contributed by atoms with van der Waals surface area (Å²) >= 11 is 0. The van der Waals surface area contributed by atoms with E-state index >= 15 is 0 Å². The molecule has 0 atom stereocenters. The van der Waals surface area contributed by atoms with Crippen molar-refractivity contribution in [3.63, 3.8) is 0 Å². The van der Waals surface area contributed by atoms with Gasteiger partial charge >= 0.3 is 11.9 Å². The molecule has 2 N–H and O–H groups in total. The Bertz CT molecular complexity index is 830. The molecule has 2 aliphatic rings. The third-order valence-corrected chi connectivity index (χ3v) is 8.35. The minimum atomic E-state index is -0.597. The molecule has 0 radical (unpaired) electrons. The molecule has 2 saturated carbocycles. The Balaban J connectivity index is 1.44. The lowest BCUT2D eigenvalue weighted by Crippen LogP contribution is -2.14. The number of unbranched alkanes of at least 4 members (excludes halogenated alkanes) is 5. The number of rotatable bonds is 15. The second-order valence-electron chi connectivity index (χ2n) is 10.7. The van der Waals surface area contributed by atoms with Gasteiger partial charge in [-0.1, -0.05) is 38.2 Å². The molecule has 0 aromatic heterocycles. The third kappa shape index (κ3) is 5.94. The van der Waals surface area contributed by atoms with Crippen molar-refractivity contribution in [1.29, 1.82) is 0 Å². The van der Waals surface area contributed by atoms with E-state index in [9.17, 15) is 19.8 Å². The number of hydrogen-bond donors (Lipinski definition) is 2. The zero-order valence-electron chi connectivity index (χ0n) is 20.4. The standard InChI is InChI=1S/C28H42O4/c1-20-19-21(2)23(11-7-4-5-9-13-27(15-16-27)25(29)30)24(22(20)3)12-8-6-10-14-28(17-18-28)26(31)32/h19H,4-18H2,1-3H3,(H,29,30)(H,31,32). The SMILES string of the molecule is Cc1cc(C)c(CCCCCCC2(C(=O)O)CC2)c(CCCCCC2(C(=O)O)CC2)c1C. The van der Waals surface area contributed by atoms with Crippen molar-refractivity contribution in [2.75, 3.05) is 0 Å². The molecule has 1 aromatic carbocycles. The molecule has 3 rings (SSSR count). The van der Waals surface area contributed by atoms with Crippen molar-refractivity contribution in [3.8, 4) is 0 Å². The number of carboxylic acid groups (broad SMARTS) is 2. The van der Waals surface area contributed by atoms with Crippen LogP contribution in [0.3, 0.4) is 0 Å². The minimum Gasteiger partial charge on any atom is -0.481 e. The first-order valence-electron chi connectivity index (χ1n) is 12.8. The van der Waals surface area contributed by atoms with Crippen LogP contribution in [0.4, 0.5) is 0 Å². The lowest BCUT2D eigenvalue weighted by atomic mass is 9.87. The van der Waals surface area contributed by atoms with E-state index in [1.807, 2.05) is 0 Å². The molecule has 178 valence electrons. The van der Waals surface area contributed by atoms with Crippen molar-refractivity contribution in [2.24, 2.45) is 10.8 Å². The highest BCUT2D eigenvalue weighted by Gasteiger charge is 2.49. The van der Waals surface area contributed by atoms with Gasteiger partial charge in [0.25, 0.3) is 0 Å². The number of carboxylic acids is 2. The average molecular weight is 443 g/mol. The van der Waals surface area contributed by atoms with Gasteiger partial charge in [-0.05, 0) is 113 Å². The number of carbonyl (C=O) groups is 2. The van der Waals surface area contributed by atoms with Crippen LogP contribution in [0.1, 0.15) is 111 Å². The molecule has 0 aliphatic heterocycles. The quantitative estimate of drug-likeness (QED) is 0.289. The summed E-state index contributed by atoms with van der Waals surface area (Å²) in [6.07, 6.45) is 15.1. The van der Waals surface area contributed by atoms with Gasteiger partial charge in [-0.25, -0.2) is 0 Å². The van der Waals surface area contributed by atoms with E-state index in [-0.39, 0.29) is 10.8 Å². The third-order valence-electron chi connectivity index (χ3n) is 8.35. The molecule has 4 nitrogen and oxygen atoms in total. The summed E-state index contributed by atoms with van der Waals surface area (Å²) in [6, 6.07) is 2.32. The largest absolute Gasteiger partial charge is 0.481 e. The van der Waals surface area contributed by atoms with Crippen LogP contribution in [0.25, 0.3) is 0 Å². The van der Waals surface area contributed by atoms with Gasteiger partial charge in [-0.15, -0.1) is 0 Å². The molecule has 4 heteroatoms. The molecule has 0 saturated heterocycles. The van der Waals surface area contributed by atoms with E-state index in [2.05, 4.69) is 26.8 Å². The number of aryl methyl sites for hydroxylation is 2. The summed E-state index contributed by atoms with van der Waals surface area (Å²) < 4.78 is 0. The van der Waals surface area contributed by atoms with Gasteiger partial charge in [0.2, 0.25) is 0 Å². The van der Waals surface area contributed by atoms with Crippen molar-refractivity contribution in [1.82, 2.24) is 0 Å². The zero-order chi connectivity index (χ0) is 23.4. The first kappa shape index (κ1) is 24.8. The van der Waals surface area contributed by atoms with Crippen LogP contribution < -0.4 is 0 Å². The fraction of sp³-hybridized carbons (Fsp3) is 0.714. The van der Waals surface area contributed by atoms with Gasteiger partial charge < -0.3 is 10.2 Å². The maximum atomic E-state index is 11.4. The summed E-state index contributed by atoms with van der Waals surface area (Å²) in [6.45, 7) is 6.69. The lowest BCUT2D eigenvalue weighted by molar-refractivity contribution is -0.144. The van der Waals surface area contributed by atoms with E-state index in [4.69, 9.17) is 0 Å². The van der Waals surface area contributed by atoms with Gasteiger partial charge in [0, 0.05) is 0 Å². The molecule has 2 aliphatic carbocycles. The normalized spacial score (nSPS) is 17.8. The van der Waals surface area contributed by atoms with E-state index < -0.39 is 11.9 Å². The van der Waals surface area contributed by atoms with Gasteiger partial charge in [0.05, 0.1) is 10.8 Å². The molecular formula is C28H42O4. The van der Waals surface area contributed by atoms with Crippen LogP contribution in [0.5, 0.6) is 0 Å². The summed E-state index contributed by atoms with van der Waals surface area (Å²) in [4.78, 5) is 22.7. The van der Waals surface area contributed by atoms with Crippen molar-refractivity contribution in [2.45, 2.75) is 117 Å². The fourth-order valence-corrected chi connectivity index (χ4v) is 5.41. The molecule has 2 fully saturated rings. The van der Waals surface area contributed by atoms with Crippen LogP contribution in [-0.2, 0) is 22.4 Å². The van der Waals surface area contributed by atoms with Gasteiger partial charge in [-0.2, -0.15) is 0 Å². The molecule has 0 spiro atoms. The Hall–Kier alpha value is -1.84. The van der Waals surface area contributed by atoms with E-state index in [0.717, 1.165) is 89.9 Å². The van der Waals surface area contributed by atoms with Gasteiger partial charge in [0.15, 0.2) is 0 Å². The van der Waals surface area contributed by atoms with Crippen LogP contribution in [-0.4, -0.2) is 22.2 Å². The topological polar surface area (TPSA) is 74.6 Å². The average Bonchev–Trinajstić information content (AvgIpc) is 3.65. The Morgan fingerprint density at radius 3 is 1.59 bits per heavy atom. The molecular weight excluding hydrogens is 400 g/mol. The predicted molar refractivity (Wildman–Crippen MR) is 128 cm³/mol. The highest BCUT2D eigenvalue weighted by molar-refractivity contribution is 5.78. The summed E-state index contributed by atoms with van der Waals surface area (Å²) in [5.74, 6) is -1.19. The van der Waals surface area contributed by atoms with Crippen molar-refractivity contribution >= 4 is 11.9 Å². The van der Waals surface area contributed by atoms with E-state index in [1.54, 1.807) is 0 Å². The number of benzene rings is 1. The maximum Gasteiger partial charge on any atom is 0.309 e. The summed E-state index contributed by atoms with van der Waals surface area (Å²) in [7, 11) is 0. The van der Waals surface area contributed by atoms with Gasteiger partial charge in [0.1, 0.15) is 0 Å². The molecule has 0 amide bonds.